The van der Waals surface area contributed by atoms with E-state index in [1.165, 1.54) is 13.2 Å². The number of carbonyl (C=O) groups is 1. The summed E-state index contributed by atoms with van der Waals surface area (Å²) in [5.74, 6) is -0.475. The van der Waals surface area contributed by atoms with Crippen molar-refractivity contribution in [1.29, 1.82) is 0 Å². The Morgan fingerprint density at radius 3 is 2.44 bits per heavy atom. The van der Waals surface area contributed by atoms with Crippen LogP contribution in [0.25, 0.3) is 0 Å². The smallest absolute Gasteiger partial charge is 0.418 e. The molecule has 0 bridgehead atoms. The van der Waals surface area contributed by atoms with Gasteiger partial charge in [0, 0.05) is 6.92 Å². The van der Waals surface area contributed by atoms with E-state index in [0.29, 0.717) is 0 Å². The van der Waals surface area contributed by atoms with Gasteiger partial charge in [-0.2, -0.15) is 13.2 Å². The Balaban J connectivity index is 3.22. The average molecular weight is 233 g/mol. The van der Waals surface area contributed by atoms with E-state index in [0.717, 1.165) is 19.1 Å². The number of methoxy groups -OCH3 is 1. The van der Waals surface area contributed by atoms with Crippen molar-refractivity contribution in [2.24, 2.45) is 0 Å². The monoisotopic (exact) mass is 233 g/mol. The van der Waals surface area contributed by atoms with E-state index in [1.54, 1.807) is 0 Å². The van der Waals surface area contributed by atoms with Gasteiger partial charge in [-0.25, -0.2) is 0 Å². The first-order valence-corrected chi connectivity index (χ1v) is 4.37. The summed E-state index contributed by atoms with van der Waals surface area (Å²) in [4.78, 5) is 10.7. The van der Waals surface area contributed by atoms with Gasteiger partial charge in [-0.05, 0) is 18.2 Å². The summed E-state index contributed by atoms with van der Waals surface area (Å²) in [7, 11) is 1.27. The van der Waals surface area contributed by atoms with Crippen LogP contribution in [0.4, 0.5) is 18.9 Å². The van der Waals surface area contributed by atoms with Gasteiger partial charge in [0.1, 0.15) is 5.75 Å². The number of halogens is 3. The lowest BCUT2D eigenvalue weighted by Gasteiger charge is -2.14. The van der Waals surface area contributed by atoms with Gasteiger partial charge in [0.05, 0.1) is 18.4 Å². The summed E-state index contributed by atoms with van der Waals surface area (Å²) in [5.41, 5.74) is -1.21. The number of hydrogen-bond acceptors (Lipinski definition) is 2. The van der Waals surface area contributed by atoms with E-state index in [2.05, 4.69) is 5.32 Å². The predicted octanol–water partition coefficient (Wildman–Crippen LogP) is 2.67. The molecule has 88 valence electrons. The fraction of sp³-hybridized carbons (Fsp3) is 0.300. The van der Waals surface area contributed by atoms with Crippen molar-refractivity contribution in [1.82, 2.24) is 0 Å². The molecule has 3 nitrogen and oxygen atoms in total. The number of carbonyl (C=O) groups excluding carboxylic acids is 1. The standard InChI is InChI=1S/C10H10F3NO2/c1-6(15)14-9-4-3-7(16-2)5-8(9)10(11,12)13/h3-5H,1-2H3,(H,14,15). The first-order valence-electron chi connectivity index (χ1n) is 4.37. The zero-order valence-corrected chi connectivity index (χ0v) is 8.68. The molecule has 0 spiro atoms. The molecule has 0 aliphatic carbocycles. The number of benzene rings is 1. The van der Waals surface area contributed by atoms with Crippen LogP contribution in [-0.2, 0) is 11.0 Å². The van der Waals surface area contributed by atoms with Crippen molar-refractivity contribution >= 4 is 11.6 Å². The normalized spacial score (nSPS) is 11.1. The number of rotatable bonds is 2. The molecular formula is C10H10F3NO2. The maximum absolute atomic E-state index is 12.6. The molecule has 0 unspecified atom stereocenters. The number of amides is 1. The molecule has 6 heteroatoms. The van der Waals surface area contributed by atoms with E-state index in [4.69, 9.17) is 4.74 Å². The van der Waals surface area contributed by atoms with E-state index >= 15 is 0 Å². The zero-order valence-electron chi connectivity index (χ0n) is 8.68. The fourth-order valence-corrected chi connectivity index (χ4v) is 1.18. The molecule has 1 N–H and O–H groups in total. The highest BCUT2D eigenvalue weighted by molar-refractivity contribution is 5.89. The van der Waals surface area contributed by atoms with E-state index in [9.17, 15) is 18.0 Å². The number of ether oxygens (including phenoxy) is 1. The molecule has 1 amide bonds. The fourth-order valence-electron chi connectivity index (χ4n) is 1.18. The van der Waals surface area contributed by atoms with Crippen molar-refractivity contribution < 1.29 is 22.7 Å². The minimum atomic E-state index is -4.54. The lowest BCUT2D eigenvalue weighted by molar-refractivity contribution is -0.137. The Labute approximate surface area is 90.2 Å². The van der Waals surface area contributed by atoms with Crippen LogP contribution < -0.4 is 10.1 Å². The second kappa shape index (κ2) is 4.42. The van der Waals surface area contributed by atoms with Gasteiger partial charge in [-0.15, -0.1) is 0 Å². The van der Waals surface area contributed by atoms with Gasteiger partial charge in [-0.3, -0.25) is 4.79 Å². The first kappa shape index (κ1) is 12.4. The lowest BCUT2D eigenvalue weighted by atomic mass is 10.1. The lowest BCUT2D eigenvalue weighted by Crippen LogP contribution is -2.14. The molecule has 0 fully saturated rings. The van der Waals surface area contributed by atoms with Gasteiger partial charge in [0.15, 0.2) is 0 Å². The van der Waals surface area contributed by atoms with E-state index < -0.39 is 17.6 Å². The van der Waals surface area contributed by atoms with Crippen LogP contribution in [-0.4, -0.2) is 13.0 Å². The van der Waals surface area contributed by atoms with Gasteiger partial charge in [0.25, 0.3) is 0 Å². The van der Waals surface area contributed by atoms with Gasteiger partial charge >= 0.3 is 6.18 Å². The summed E-state index contributed by atoms with van der Waals surface area (Å²) in [6.07, 6.45) is -4.54. The minimum Gasteiger partial charge on any atom is -0.497 e. The summed E-state index contributed by atoms with van der Waals surface area (Å²) in [6, 6.07) is 3.34. The van der Waals surface area contributed by atoms with Crippen LogP contribution >= 0.6 is 0 Å². The summed E-state index contributed by atoms with van der Waals surface area (Å²) in [5, 5.41) is 2.12. The Morgan fingerprint density at radius 2 is 2.00 bits per heavy atom. The molecule has 1 aromatic carbocycles. The molecule has 0 saturated carbocycles. The summed E-state index contributed by atoms with van der Waals surface area (Å²) >= 11 is 0. The molecule has 0 heterocycles. The third kappa shape index (κ3) is 2.88. The van der Waals surface area contributed by atoms with Gasteiger partial charge in [0.2, 0.25) is 5.91 Å². The first-order chi connectivity index (χ1) is 7.34. The van der Waals surface area contributed by atoms with Crippen molar-refractivity contribution in [3.05, 3.63) is 23.8 Å². The molecule has 0 saturated heterocycles. The highest BCUT2D eigenvalue weighted by Gasteiger charge is 2.34. The van der Waals surface area contributed by atoms with Crippen LogP contribution in [0.1, 0.15) is 12.5 Å². The second-order valence-corrected chi connectivity index (χ2v) is 3.09. The summed E-state index contributed by atoms with van der Waals surface area (Å²) in [6.45, 7) is 1.14. The van der Waals surface area contributed by atoms with Crippen LogP contribution in [0.3, 0.4) is 0 Å². The molecule has 1 rings (SSSR count). The van der Waals surface area contributed by atoms with Crippen LogP contribution in [0, 0.1) is 0 Å². The van der Waals surface area contributed by atoms with Gasteiger partial charge in [-0.1, -0.05) is 0 Å². The highest BCUT2D eigenvalue weighted by Crippen LogP contribution is 2.37. The molecule has 0 radical (unpaired) electrons. The highest BCUT2D eigenvalue weighted by atomic mass is 19.4. The van der Waals surface area contributed by atoms with Crippen LogP contribution in [0.2, 0.25) is 0 Å². The maximum Gasteiger partial charge on any atom is 0.418 e. The van der Waals surface area contributed by atoms with Crippen molar-refractivity contribution in [3.8, 4) is 5.75 Å². The minimum absolute atomic E-state index is 0.0847. The Kier molecular flexibility index (Phi) is 3.41. The SMILES string of the molecule is COc1ccc(NC(C)=O)c(C(F)(F)F)c1. The number of hydrogen-bond donors (Lipinski definition) is 1. The average Bonchev–Trinajstić information content (AvgIpc) is 2.15. The molecule has 16 heavy (non-hydrogen) atoms. The Bertz CT molecular complexity index is 402. The van der Waals surface area contributed by atoms with E-state index in [1.807, 2.05) is 0 Å². The largest absolute Gasteiger partial charge is 0.497 e. The Hall–Kier alpha value is -1.72. The van der Waals surface area contributed by atoms with E-state index in [-0.39, 0.29) is 11.4 Å². The maximum atomic E-state index is 12.6. The molecule has 0 aromatic heterocycles. The second-order valence-electron chi connectivity index (χ2n) is 3.09. The number of nitrogens with one attached hydrogen (secondary N) is 1. The van der Waals surface area contributed by atoms with Crippen molar-refractivity contribution in [2.75, 3.05) is 12.4 Å². The molecule has 0 aliphatic rings. The van der Waals surface area contributed by atoms with Crippen molar-refractivity contribution in [2.45, 2.75) is 13.1 Å². The quantitative estimate of drug-likeness (QED) is 0.852. The molecular weight excluding hydrogens is 223 g/mol. The summed E-state index contributed by atoms with van der Waals surface area (Å²) < 4.78 is 42.5. The zero-order chi connectivity index (χ0) is 12.3. The molecule has 0 aliphatic heterocycles. The van der Waals surface area contributed by atoms with Crippen LogP contribution in [0.5, 0.6) is 5.75 Å². The topological polar surface area (TPSA) is 38.3 Å². The molecule has 0 atom stereocenters. The molecule has 1 aromatic rings. The number of anilines is 1. The Morgan fingerprint density at radius 1 is 1.38 bits per heavy atom. The van der Waals surface area contributed by atoms with Gasteiger partial charge < -0.3 is 10.1 Å². The third-order valence-electron chi connectivity index (χ3n) is 1.84. The van der Waals surface area contributed by atoms with Crippen LogP contribution in [0.15, 0.2) is 18.2 Å². The number of alkyl halides is 3. The third-order valence-corrected chi connectivity index (χ3v) is 1.84. The van der Waals surface area contributed by atoms with Crippen molar-refractivity contribution in [3.63, 3.8) is 0 Å². The predicted molar refractivity (Wildman–Crippen MR) is 52.3 cm³/mol.